The fourth-order valence-electron chi connectivity index (χ4n) is 7.89. The number of fused-ring (bicyclic) bond motifs is 3. The first-order valence-electron chi connectivity index (χ1n) is 19.6. The predicted octanol–water partition coefficient (Wildman–Crippen LogP) is 3.66. The van der Waals surface area contributed by atoms with Crippen LogP contribution in [0.2, 0.25) is 0 Å². The minimum atomic E-state index is -3.89. The number of ether oxygens (including phenoxy) is 3. The summed E-state index contributed by atoms with van der Waals surface area (Å²) >= 11 is 0. The largest absolute Gasteiger partial charge is 0.449 e. The van der Waals surface area contributed by atoms with Gasteiger partial charge < -0.3 is 29.7 Å². The third-order valence-corrected chi connectivity index (χ3v) is 13.2. The van der Waals surface area contributed by atoms with E-state index in [9.17, 15) is 32.4 Å². The maximum atomic E-state index is 14.5. The maximum absolute atomic E-state index is 14.5. The number of alkyl carbamates (subject to hydrolysis) is 1. The van der Waals surface area contributed by atoms with Gasteiger partial charge in [-0.2, -0.15) is 0 Å². The number of carbonyl (C=O) groups is 5. The second kappa shape index (κ2) is 15.5. The summed E-state index contributed by atoms with van der Waals surface area (Å²) in [6, 6.07) is 3.58. The Morgan fingerprint density at radius 2 is 1.80 bits per heavy atom. The lowest BCUT2D eigenvalue weighted by Crippen LogP contribution is -2.59. The van der Waals surface area contributed by atoms with Gasteiger partial charge in [0.05, 0.1) is 30.6 Å². The van der Waals surface area contributed by atoms with Crippen LogP contribution in [-0.2, 0) is 58.1 Å². The van der Waals surface area contributed by atoms with E-state index in [4.69, 9.17) is 14.2 Å². The molecule has 0 radical (unpaired) electrons. The van der Waals surface area contributed by atoms with E-state index < -0.39 is 74.5 Å². The first-order valence-corrected chi connectivity index (χ1v) is 21.2. The highest BCUT2D eigenvalue weighted by molar-refractivity contribution is 7.91. The summed E-state index contributed by atoms with van der Waals surface area (Å²) in [5.74, 6) is -2.49. The molecule has 2 saturated carbocycles. The number of hydrogen-bond donors (Lipinski definition) is 3. The molecule has 15 nitrogen and oxygen atoms in total. The topological polar surface area (TPSA) is 190 Å². The van der Waals surface area contributed by atoms with Crippen LogP contribution < -0.4 is 15.4 Å². The van der Waals surface area contributed by atoms with Gasteiger partial charge in [-0.05, 0) is 87.3 Å². The van der Waals surface area contributed by atoms with Gasteiger partial charge in [-0.15, -0.1) is 0 Å². The molecule has 3 N–H and O–H groups in total. The van der Waals surface area contributed by atoms with Crippen LogP contribution in [0.5, 0.6) is 0 Å². The van der Waals surface area contributed by atoms with Gasteiger partial charge in [0.15, 0.2) is 0 Å². The number of nitrogens with zero attached hydrogens (tertiary/aromatic N) is 2. The van der Waals surface area contributed by atoms with Gasteiger partial charge in [-0.1, -0.05) is 51.8 Å². The van der Waals surface area contributed by atoms with E-state index in [0.717, 1.165) is 36.8 Å². The second-order valence-electron chi connectivity index (χ2n) is 17.7. The van der Waals surface area contributed by atoms with Crippen molar-refractivity contribution in [3.8, 4) is 0 Å². The molecule has 3 aliphatic heterocycles. The first-order chi connectivity index (χ1) is 25.8. The summed E-state index contributed by atoms with van der Waals surface area (Å²) < 4.78 is 45.3. The molecule has 6 rings (SSSR count). The molecule has 1 aromatic carbocycles. The number of rotatable bonds is 8. The molecule has 1 saturated heterocycles. The quantitative estimate of drug-likeness (QED) is 0.351. The molecule has 5 atom stereocenters. The lowest BCUT2D eigenvalue weighted by molar-refractivity contribution is -0.143. The molecule has 304 valence electrons. The van der Waals surface area contributed by atoms with Crippen molar-refractivity contribution in [1.82, 2.24) is 25.2 Å². The molecule has 0 unspecified atom stereocenters. The van der Waals surface area contributed by atoms with Crippen LogP contribution in [0.4, 0.5) is 9.59 Å². The highest BCUT2D eigenvalue weighted by Gasteiger charge is 2.62. The molecular formula is C39H57N5O10S. The molecule has 3 heterocycles. The molecule has 55 heavy (non-hydrogen) atoms. The SMILES string of the molecule is CC[C@H]1C[C@]1(NC(=O)[C@@H]1C[C@@H]2CN1C(=O)[C@H](COC(C)(C)C)NC(=O)OCC(C)(C)CCCCc1cccc3c1CN(C3)C(=O)O2)C(=O)NS(=O)(=O)C1CC1. The molecule has 2 aliphatic carbocycles. The van der Waals surface area contributed by atoms with Crippen LogP contribution in [0.3, 0.4) is 0 Å². The van der Waals surface area contributed by atoms with Crippen molar-refractivity contribution in [3.05, 3.63) is 34.9 Å². The second-order valence-corrected chi connectivity index (χ2v) is 19.6. The number of nitrogens with one attached hydrogen (secondary N) is 3. The van der Waals surface area contributed by atoms with E-state index in [2.05, 4.69) is 21.4 Å². The van der Waals surface area contributed by atoms with E-state index >= 15 is 0 Å². The molecular weight excluding hydrogens is 731 g/mol. The van der Waals surface area contributed by atoms with E-state index in [1.165, 1.54) is 10.5 Å². The molecule has 5 amide bonds. The van der Waals surface area contributed by atoms with Crippen LogP contribution in [0.1, 0.15) is 110 Å². The van der Waals surface area contributed by atoms with Gasteiger partial charge in [-0.3, -0.25) is 24.0 Å². The smallest absolute Gasteiger partial charge is 0.410 e. The van der Waals surface area contributed by atoms with Crippen LogP contribution in [0.25, 0.3) is 0 Å². The van der Waals surface area contributed by atoms with E-state index in [1.54, 1.807) is 25.7 Å². The highest BCUT2D eigenvalue weighted by atomic mass is 32.2. The predicted molar refractivity (Wildman–Crippen MR) is 201 cm³/mol. The third kappa shape index (κ3) is 9.55. The summed E-state index contributed by atoms with van der Waals surface area (Å²) in [6.45, 7) is 11.7. The summed E-state index contributed by atoms with van der Waals surface area (Å²) in [6.07, 6.45) is 2.69. The lowest BCUT2D eigenvalue weighted by atomic mass is 9.87. The Morgan fingerprint density at radius 1 is 1.07 bits per heavy atom. The van der Waals surface area contributed by atoms with Crippen molar-refractivity contribution in [2.75, 3.05) is 19.8 Å². The number of hydrogen-bond acceptors (Lipinski definition) is 10. The summed E-state index contributed by atoms with van der Waals surface area (Å²) in [5, 5.41) is 4.83. The molecule has 4 bridgehead atoms. The van der Waals surface area contributed by atoms with Crippen LogP contribution in [0, 0.1) is 11.3 Å². The van der Waals surface area contributed by atoms with Crippen LogP contribution in [0.15, 0.2) is 18.2 Å². The van der Waals surface area contributed by atoms with E-state index in [0.29, 0.717) is 32.4 Å². The zero-order valence-electron chi connectivity index (χ0n) is 32.9. The minimum Gasteiger partial charge on any atom is -0.449 e. The van der Waals surface area contributed by atoms with Crippen molar-refractivity contribution >= 4 is 39.9 Å². The number of aryl methyl sites for hydroxylation is 1. The van der Waals surface area contributed by atoms with Gasteiger partial charge in [0, 0.05) is 19.5 Å². The van der Waals surface area contributed by atoms with Crippen LogP contribution in [-0.4, -0.2) is 102 Å². The van der Waals surface area contributed by atoms with Gasteiger partial charge in [0.25, 0.3) is 5.91 Å². The third-order valence-electron chi connectivity index (χ3n) is 11.4. The molecule has 16 heteroatoms. The number of cyclic esters (lactones) is 1. The van der Waals surface area contributed by atoms with Gasteiger partial charge >= 0.3 is 12.2 Å². The van der Waals surface area contributed by atoms with E-state index in [-0.39, 0.29) is 43.9 Å². The Kier molecular flexibility index (Phi) is 11.5. The lowest BCUT2D eigenvalue weighted by Gasteiger charge is -2.31. The zero-order valence-corrected chi connectivity index (χ0v) is 33.7. The summed E-state index contributed by atoms with van der Waals surface area (Å²) in [7, 11) is -3.89. The normalized spacial score (nSPS) is 28.8. The number of amides is 5. The zero-order chi connectivity index (χ0) is 39.9. The fourth-order valence-corrected chi connectivity index (χ4v) is 9.25. The van der Waals surface area contributed by atoms with E-state index in [1.807, 2.05) is 32.9 Å². The van der Waals surface area contributed by atoms with Gasteiger partial charge in [-0.25, -0.2) is 18.0 Å². The summed E-state index contributed by atoms with van der Waals surface area (Å²) in [4.78, 5) is 72.1. The number of benzene rings is 1. The van der Waals surface area contributed by atoms with Crippen molar-refractivity contribution in [3.63, 3.8) is 0 Å². The average Bonchev–Trinajstić information content (AvgIpc) is 4.00. The monoisotopic (exact) mass is 787 g/mol. The van der Waals surface area contributed by atoms with Crippen molar-refractivity contribution < 1.29 is 46.6 Å². The molecule has 0 aromatic heterocycles. The molecule has 1 aromatic rings. The molecule has 3 fully saturated rings. The van der Waals surface area contributed by atoms with Crippen LogP contribution >= 0.6 is 0 Å². The molecule has 0 spiro atoms. The average molecular weight is 788 g/mol. The fraction of sp³-hybridized carbons (Fsp3) is 0.718. The van der Waals surface area contributed by atoms with Crippen molar-refractivity contribution in [2.45, 2.75) is 147 Å². The van der Waals surface area contributed by atoms with Gasteiger partial charge in [0.2, 0.25) is 21.8 Å². The number of carbonyl (C=O) groups excluding carboxylic acids is 5. The Bertz CT molecular complexity index is 1790. The summed E-state index contributed by atoms with van der Waals surface area (Å²) in [5.41, 5.74) is 0.793. The maximum Gasteiger partial charge on any atom is 0.410 e. The van der Waals surface area contributed by atoms with Gasteiger partial charge in [0.1, 0.15) is 23.7 Å². The molecule has 5 aliphatic rings. The Balaban J connectivity index is 1.28. The van der Waals surface area contributed by atoms with Crippen molar-refractivity contribution in [2.24, 2.45) is 11.3 Å². The first kappa shape index (κ1) is 40.7. The Labute approximate surface area is 324 Å². The number of sulfonamides is 1. The highest BCUT2D eigenvalue weighted by Crippen LogP contribution is 2.47. The Morgan fingerprint density at radius 3 is 2.47 bits per heavy atom. The standard InChI is InChI=1S/C39H57N5O10S/c1-7-26-18-39(26,34(47)42-55(50,51)28-14-15-28)41-32(45)31-17-27-20-44(31)33(46)30(22-53-37(2,3)4)40-35(48)52-23-38(5,6)16-9-8-11-24-12-10-13-25-19-43(21-29(24)25)36(49)54-27/h10,12-13,26-28,30-31H,7-9,11,14-23H2,1-6H3,(H,40,48)(H,41,45)(H,42,47)/t26-,27+,30-,31-,39+/m0/s1. The minimum absolute atomic E-state index is 0.0876. The Hall–Kier alpha value is -3.92. The van der Waals surface area contributed by atoms with Crippen molar-refractivity contribution in [1.29, 1.82) is 0 Å².